The van der Waals surface area contributed by atoms with Crippen LogP contribution in [0.15, 0.2) is 12.4 Å². The van der Waals surface area contributed by atoms with Gasteiger partial charge in [-0.15, -0.1) is 0 Å². The van der Waals surface area contributed by atoms with Gasteiger partial charge in [0.1, 0.15) is 17.9 Å². The second-order valence-corrected chi connectivity index (χ2v) is 5.13. The van der Waals surface area contributed by atoms with E-state index in [-0.39, 0.29) is 23.9 Å². The van der Waals surface area contributed by atoms with Crippen LogP contribution in [0.2, 0.25) is 0 Å². The van der Waals surface area contributed by atoms with Gasteiger partial charge in [-0.25, -0.2) is 4.98 Å². The molecule has 2 atom stereocenters. The predicted octanol–water partition coefficient (Wildman–Crippen LogP) is 0.478. The number of nitrogens with one attached hydrogen (secondary N) is 1. The van der Waals surface area contributed by atoms with Gasteiger partial charge in [-0.05, 0) is 12.8 Å². The first-order valence-corrected chi connectivity index (χ1v) is 7.15. The third-order valence-electron chi connectivity index (χ3n) is 3.87. The molecule has 1 aliphatic heterocycles. The fraction of sp³-hybridized carbons (Fsp3) is 0.643. The van der Waals surface area contributed by atoms with Gasteiger partial charge >= 0.3 is 0 Å². The molecule has 110 valence electrons. The normalized spacial score (nSPS) is 23.1. The maximum atomic E-state index is 12.4. The van der Waals surface area contributed by atoms with Gasteiger partial charge in [0.05, 0.1) is 0 Å². The van der Waals surface area contributed by atoms with E-state index in [2.05, 4.69) is 10.3 Å². The van der Waals surface area contributed by atoms with Crippen LogP contribution in [0.5, 0.6) is 0 Å². The van der Waals surface area contributed by atoms with E-state index in [1.54, 1.807) is 11.1 Å². The Morgan fingerprint density at radius 2 is 2.05 bits per heavy atom. The van der Waals surface area contributed by atoms with Crippen LogP contribution in [0.25, 0.3) is 0 Å². The molecule has 0 aromatic carbocycles. The second-order valence-electron chi connectivity index (χ2n) is 5.13. The minimum absolute atomic E-state index is 0.0214. The smallest absolute Gasteiger partial charge is 0.245 e. The molecule has 0 aliphatic carbocycles. The largest absolute Gasteiger partial charge is 0.343 e. The molecule has 2 rings (SSSR count). The standard InChI is InChI=1S/C14H22N4O2/c1-4-10-14(20)18(11(5-2)13(19)16-10)8-6-12-15-7-9-17(12)3/h7,9-11H,4-6,8H2,1-3H3,(H,16,19). The Balaban J connectivity index is 2.10. The molecular formula is C14H22N4O2. The molecule has 2 unspecified atom stereocenters. The SMILES string of the molecule is CCC1NC(=O)C(CC)N(CCc2nccn2C)C1=O. The highest BCUT2D eigenvalue weighted by molar-refractivity contribution is 5.96. The Kier molecular flexibility index (Phi) is 4.42. The summed E-state index contributed by atoms with van der Waals surface area (Å²) in [4.78, 5) is 30.4. The zero-order valence-corrected chi connectivity index (χ0v) is 12.3. The molecule has 2 amide bonds. The highest BCUT2D eigenvalue weighted by Gasteiger charge is 2.38. The van der Waals surface area contributed by atoms with Crippen molar-refractivity contribution in [2.24, 2.45) is 7.05 Å². The maximum absolute atomic E-state index is 12.4. The van der Waals surface area contributed by atoms with Crippen LogP contribution in [0.3, 0.4) is 0 Å². The zero-order chi connectivity index (χ0) is 14.7. The van der Waals surface area contributed by atoms with Crippen molar-refractivity contribution in [2.45, 2.75) is 45.2 Å². The zero-order valence-electron chi connectivity index (χ0n) is 12.3. The van der Waals surface area contributed by atoms with Crippen molar-refractivity contribution < 1.29 is 9.59 Å². The average molecular weight is 278 g/mol. The molecule has 1 saturated heterocycles. The third kappa shape index (κ3) is 2.69. The van der Waals surface area contributed by atoms with E-state index in [9.17, 15) is 9.59 Å². The number of nitrogens with zero attached hydrogens (tertiary/aromatic N) is 3. The van der Waals surface area contributed by atoms with E-state index in [4.69, 9.17) is 0 Å². The number of hydrogen-bond acceptors (Lipinski definition) is 3. The highest BCUT2D eigenvalue weighted by atomic mass is 16.2. The number of amides is 2. The summed E-state index contributed by atoms with van der Waals surface area (Å²) in [5.41, 5.74) is 0. The van der Waals surface area contributed by atoms with Crippen molar-refractivity contribution in [1.29, 1.82) is 0 Å². The topological polar surface area (TPSA) is 67.2 Å². The lowest BCUT2D eigenvalue weighted by Crippen LogP contribution is -2.63. The van der Waals surface area contributed by atoms with Crippen molar-refractivity contribution in [3.8, 4) is 0 Å². The molecule has 20 heavy (non-hydrogen) atoms. The van der Waals surface area contributed by atoms with Crippen LogP contribution in [-0.2, 0) is 23.1 Å². The quantitative estimate of drug-likeness (QED) is 0.852. The van der Waals surface area contributed by atoms with Crippen molar-refractivity contribution in [1.82, 2.24) is 19.8 Å². The number of carbonyl (C=O) groups is 2. The first-order chi connectivity index (χ1) is 9.58. The van der Waals surface area contributed by atoms with E-state index < -0.39 is 0 Å². The third-order valence-corrected chi connectivity index (χ3v) is 3.87. The minimum Gasteiger partial charge on any atom is -0.343 e. The van der Waals surface area contributed by atoms with Crippen LogP contribution in [-0.4, -0.2) is 44.9 Å². The molecule has 1 fully saturated rings. The van der Waals surface area contributed by atoms with Crippen LogP contribution >= 0.6 is 0 Å². The summed E-state index contributed by atoms with van der Waals surface area (Å²) < 4.78 is 1.94. The number of aryl methyl sites for hydroxylation is 1. The van der Waals surface area contributed by atoms with E-state index in [0.29, 0.717) is 25.8 Å². The summed E-state index contributed by atoms with van der Waals surface area (Å²) in [6, 6.07) is -0.739. The van der Waals surface area contributed by atoms with E-state index in [1.807, 2.05) is 31.7 Å². The molecular weight excluding hydrogens is 256 g/mol. The lowest BCUT2D eigenvalue weighted by molar-refractivity contribution is -0.149. The maximum Gasteiger partial charge on any atom is 0.245 e. The van der Waals surface area contributed by atoms with Gasteiger partial charge in [0.25, 0.3) is 0 Å². The molecule has 1 N–H and O–H groups in total. The van der Waals surface area contributed by atoms with Gasteiger partial charge in [0.15, 0.2) is 0 Å². The van der Waals surface area contributed by atoms with E-state index in [0.717, 1.165) is 5.82 Å². The van der Waals surface area contributed by atoms with Crippen LogP contribution in [0.4, 0.5) is 0 Å². The molecule has 0 spiro atoms. The molecule has 6 nitrogen and oxygen atoms in total. The average Bonchev–Trinajstić information content (AvgIpc) is 2.84. The molecule has 6 heteroatoms. The molecule has 0 saturated carbocycles. The summed E-state index contributed by atoms with van der Waals surface area (Å²) in [6.45, 7) is 4.37. The fourth-order valence-corrected chi connectivity index (χ4v) is 2.63. The van der Waals surface area contributed by atoms with Gasteiger partial charge < -0.3 is 14.8 Å². The Morgan fingerprint density at radius 1 is 1.30 bits per heavy atom. The minimum atomic E-state index is -0.383. The number of carbonyl (C=O) groups excluding carboxylic acids is 2. The molecule has 1 aromatic heterocycles. The molecule has 0 bridgehead atoms. The number of piperazine rings is 1. The van der Waals surface area contributed by atoms with Crippen molar-refractivity contribution in [3.05, 3.63) is 18.2 Å². The van der Waals surface area contributed by atoms with Gasteiger partial charge in [-0.1, -0.05) is 13.8 Å². The van der Waals surface area contributed by atoms with Gasteiger partial charge in [0.2, 0.25) is 11.8 Å². The van der Waals surface area contributed by atoms with E-state index in [1.165, 1.54) is 0 Å². The Labute approximate surface area is 119 Å². The van der Waals surface area contributed by atoms with Crippen molar-refractivity contribution >= 4 is 11.8 Å². The summed E-state index contributed by atoms with van der Waals surface area (Å²) >= 11 is 0. The lowest BCUT2D eigenvalue weighted by Gasteiger charge is -2.38. The first-order valence-electron chi connectivity index (χ1n) is 7.15. The monoisotopic (exact) mass is 278 g/mol. The Morgan fingerprint density at radius 3 is 2.60 bits per heavy atom. The Bertz CT molecular complexity index is 497. The summed E-state index contributed by atoms with van der Waals surface area (Å²) in [5, 5.41) is 2.80. The molecule has 1 aliphatic rings. The van der Waals surface area contributed by atoms with Crippen LogP contribution in [0, 0.1) is 0 Å². The predicted molar refractivity (Wildman–Crippen MR) is 74.9 cm³/mol. The van der Waals surface area contributed by atoms with Gasteiger partial charge in [-0.3, -0.25) is 9.59 Å². The van der Waals surface area contributed by atoms with Crippen molar-refractivity contribution in [2.75, 3.05) is 6.54 Å². The highest BCUT2D eigenvalue weighted by Crippen LogP contribution is 2.15. The summed E-state index contributed by atoms with van der Waals surface area (Å²) in [6.07, 6.45) is 5.54. The molecule has 0 radical (unpaired) electrons. The molecule has 1 aromatic rings. The number of rotatable bonds is 5. The van der Waals surface area contributed by atoms with Gasteiger partial charge in [0, 0.05) is 32.4 Å². The summed E-state index contributed by atoms with van der Waals surface area (Å²) in [7, 11) is 1.93. The van der Waals surface area contributed by atoms with Crippen LogP contribution in [0.1, 0.15) is 32.5 Å². The summed E-state index contributed by atoms with van der Waals surface area (Å²) in [5.74, 6) is 0.902. The molecule has 2 heterocycles. The number of imidazole rings is 1. The van der Waals surface area contributed by atoms with Crippen molar-refractivity contribution in [3.63, 3.8) is 0 Å². The van der Waals surface area contributed by atoms with E-state index >= 15 is 0 Å². The van der Waals surface area contributed by atoms with Crippen LogP contribution < -0.4 is 5.32 Å². The second kappa shape index (κ2) is 6.07. The fourth-order valence-electron chi connectivity index (χ4n) is 2.63. The van der Waals surface area contributed by atoms with Gasteiger partial charge in [-0.2, -0.15) is 0 Å². The number of hydrogen-bond donors (Lipinski definition) is 1. The Hall–Kier alpha value is -1.85. The lowest BCUT2D eigenvalue weighted by atomic mass is 10.0. The first kappa shape index (κ1) is 14.6. The number of aromatic nitrogens is 2.